The predicted molar refractivity (Wildman–Crippen MR) is 241 cm³/mol. The number of carbonyl (C=O) groups is 4. The number of ketones is 1. The van der Waals surface area contributed by atoms with Gasteiger partial charge in [-0.3, -0.25) is 14.4 Å². The summed E-state index contributed by atoms with van der Waals surface area (Å²) in [7, 11) is 4.71. The number of nitrogens with two attached hydrogens (primary N) is 1. The number of Topliss-reactive ketones (excluding diaryl/α,β-unsaturated/α-hetero) is 1. The van der Waals surface area contributed by atoms with E-state index in [-0.39, 0.29) is 74.9 Å². The Morgan fingerprint density at radius 3 is 2.23 bits per heavy atom. The molecule has 0 aromatic carbocycles. The minimum atomic E-state index is -2.50. The van der Waals surface area contributed by atoms with Crippen LogP contribution in [0.5, 0.6) is 0 Å². The minimum Gasteiger partial charge on any atom is -0.456 e. The Morgan fingerprint density at radius 1 is 0.984 bits per heavy atom. The average Bonchev–Trinajstić information content (AvgIpc) is 3.25. The van der Waals surface area contributed by atoms with Gasteiger partial charge in [0.15, 0.2) is 0 Å². The van der Waals surface area contributed by atoms with Crippen LogP contribution in [0.3, 0.4) is 0 Å². The molecule has 0 radical (unpaired) electrons. The average molecular weight is 906 g/mol. The van der Waals surface area contributed by atoms with Crippen LogP contribution < -0.4 is 5.73 Å². The zero-order chi connectivity index (χ0) is 47.9. The number of piperidine rings is 1. The Bertz CT molecular complexity index is 1630. The van der Waals surface area contributed by atoms with Crippen LogP contribution in [-0.4, -0.2) is 145 Å². The van der Waals surface area contributed by atoms with E-state index in [1.54, 1.807) is 34.1 Å². The number of esters is 1. The molecule has 16 nitrogen and oxygen atoms in total. The molecule has 2 amide bonds. The molecule has 3 heterocycles. The second-order valence-corrected chi connectivity index (χ2v) is 18.5. The highest BCUT2D eigenvalue weighted by molar-refractivity contribution is 6.39. The highest BCUT2D eigenvalue weighted by Gasteiger charge is 2.56. The second kappa shape index (κ2) is 26.1. The second-order valence-electron chi connectivity index (χ2n) is 18.5. The number of amides is 2. The molecule has 0 spiro atoms. The van der Waals surface area contributed by atoms with Crippen LogP contribution in [0.25, 0.3) is 0 Å². The lowest BCUT2D eigenvalue weighted by Gasteiger charge is -2.47. The van der Waals surface area contributed by atoms with Gasteiger partial charge in [-0.2, -0.15) is 0 Å². The number of ether oxygens (including phenoxy) is 6. The third-order valence-corrected chi connectivity index (χ3v) is 13.3. The van der Waals surface area contributed by atoms with E-state index >= 15 is 0 Å². The number of carbonyl (C=O) groups excluding carboxylic acids is 4. The number of aliphatic hydroxyl groups excluding tert-OH is 2. The van der Waals surface area contributed by atoms with Crippen LogP contribution in [0, 0.1) is 35.0 Å². The Hall–Kier alpha value is -3.35. The molecule has 1 saturated carbocycles. The number of hydrogen-bond acceptors (Lipinski definition) is 14. The van der Waals surface area contributed by atoms with Crippen molar-refractivity contribution in [3.8, 4) is 0 Å². The van der Waals surface area contributed by atoms with Gasteiger partial charge in [0, 0.05) is 64.7 Å². The van der Waals surface area contributed by atoms with E-state index in [2.05, 4.69) is 31.4 Å². The zero-order valence-electron chi connectivity index (χ0n) is 39.8. The predicted octanol–water partition coefficient (Wildman–Crippen LogP) is 4.60. The molecule has 14 atom stereocenters. The number of rotatable bonds is 10. The number of allylic oxidation sites excluding steroid dienone is 4. The van der Waals surface area contributed by atoms with Crippen LogP contribution in [-0.2, 0) is 47.6 Å². The molecular weight excluding hydrogens is 827 g/mol. The van der Waals surface area contributed by atoms with Gasteiger partial charge in [-0.05, 0) is 95.5 Å². The number of nitrogens with zero attached hydrogens (tertiary/aromatic N) is 1. The van der Waals surface area contributed by atoms with Gasteiger partial charge in [-0.15, -0.1) is 6.58 Å². The Balaban J connectivity index is 0.00000261. The summed E-state index contributed by atoms with van der Waals surface area (Å²) >= 11 is 0. The van der Waals surface area contributed by atoms with Gasteiger partial charge in [0.2, 0.25) is 11.7 Å². The first-order chi connectivity index (χ1) is 30.3. The quantitative estimate of drug-likeness (QED) is 0.115. The Morgan fingerprint density at radius 2 is 1.62 bits per heavy atom. The molecule has 3 aliphatic heterocycles. The first-order valence-corrected chi connectivity index (χ1v) is 23.0. The van der Waals surface area contributed by atoms with Crippen molar-refractivity contribution in [2.75, 3.05) is 41.1 Å². The molecule has 4 rings (SSSR count). The van der Waals surface area contributed by atoms with E-state index in [9.17, 15) is 39.9 Å². The molecule has 6 N–H and O–H groups in total. The monoisotopic (exact) mass is 906 g/mol. The fourth-order valence-corrected chi connectivity index (χ4v) is 9.84. The summed E-state index contributed by atoms with van der Waals surface area (Å²) in [6, 6.07) is -1.12. The van der Waals surface area contributed by atoms with Crippen molar-refractivity contribution in [2.24, 2.45) is 35.3 Å². The lowest BCUT2D eigenvalue weighted by molar-refractivity contribution is -0.302. The molecule has 1 aliphatic carbocycles. The van der Waals surface area contributed by atoms with Crippen LogP contribution in [0.15, 0.2) is 36.0 Å². The number of hydrogen-bond donors (Lipinski definition) is 5. The summed E-state index contributed by atoms with van der Waals surface area (Å²) in [5.74, 6) is -7.47. The number of methoxy groups -OCH3 is 3. The van der Waals surface area contributed by atoms with Crippen molar-refractivity contribution < 1.29 is 62.9 Å². The third kappa shape index (κ3) is 14.8. The largest absolute Gasteiger partial charge is 0.456 e. The molecule has 4 aliphatic rings. The smallest absolute Gasteiger partial charge is 0.329 e. The fourth-order valence-electron chi connectivity index (χ4n) is 9.84. The van der Waals surface area contributed by atoms with E-state index in [0.717, 1.165) is 12.0 Å². The number of primary amides is 1. The summed E-state index contributed by atoms with van der Waals surface area (Å²) in [5, 5.41) is 42.4. The molecular formula is C48H79N3O13. The normalized spacial score (nSPS) is 37.4. The summed E-state index contributed by atoms with van der Waals surface area (Å²) in [6.45, 7) is 14.9. The van der Waals surface area contributed by atoms with Gasteiger partial charge in [0.05, 0.1) is 43.7 Å². The van der Waals surface area contributed by atoms with E-state index in [0.29, 0.717) is 56.2 Å². The van der Waals surface area contributed by atoms with E-state index in [1.165, 1.54) is 18.9 Å². The van der Waals surface area contributed by atoms with Crippen LogP contribution in [0.4, 0.5) is 0 Å². The van der Waals surface area contributed by atoms with Crippen LogP contribution in [0.2, 0.25) is 0 Å². The van der Waals surface area contributed by atoms with Crippen molar-refractivity contribution in [1.29, 1.82) is 5.41 Å². The molecule has 0 unspecified atom stereocenters. The van der Waals surface area contributed by atoms with Crippen molar-refractivity contribution >= 4 is 29.3 Å². The highest BCUT2D eigenvalue weighted by Crippen LogP contribution is 2.39. The van der Waals surface area contributed by atoms with Gasteiger partial charge in [-0.25, -0.2) is 4.79 Å². The standard InChI is InChI=1S/C46H74N2O12.C2H5NO/c1-10-13-33-21-27(2)20-28(3)22-39(56-8)42-40(57-9)24-30(5)46(54,60-42)43(51)44(52)48-17-12-11-14-35(48)45(53)59-41(31(6)36(50)26-34(33)47)29(4)23-32-15-16-37(58-19-18-49)38(25-32)55-7;1-2(3)4/h10,21,23,28,30-33,35-42,47,49-50,54H,1,11-20,22,24-26H2,2-9H3;1H3,(H2,3,4)/b27-21+,29-23+,47-34?;/t28-,30+,31+,32-,33+,35-,36-,37+,38+,39-,40-,41+,42+,46+;/m0./s1. The molecule has 64 heavy (non-hydrogen) atoms. The Kier molecular flexibility index (Phi) is 22.4. The Labute approximate surface area is 380 Å². The summed E-state index contributed by atoms with van der Waals surface area (Å²) < 4.78 is 36.0. The molecule has 0 aromatic rings. The van der Waals surface area contributed by atoms with Crippen LogP contribution >= 0.6 is 0 Å². The van der Waals surface area contributed by atoms with E-state index in [1.807, 2.05) is 13.8 Å². The summed E-state index contributed by atoms with van der Waals surface area (Å²) in [4.78, 5) is 53.4. The number of aliphatic hydroxyl groups is 3. The lowest BCUT2D eigenvalue weighted by Crippen LogP contribution is -2.64. The van der Waals surface area contributed by atoms with Crippen molar-refractivity contribution in [1.82, 2.24) is 4.90 Å². The maximum absolute atomic E-state index is 14.4. The summed E-state index contributed by atoms with van der Waals surface area (Å²) in [5.41, 5.74) is 6.54. The van der Waals surface area contributed by atoms with E-state index in [4.69, 9.17) is 28.4 Å². The highest BCUT2D eigenvalue weighted by atomic mass is 16.7. The van der Waals surface area contributed by atoms with Gasteiger partial charge in [-0.1, -0.05) is 44.6 Å². The first kappa shape index (κ1) is 55.0. The molecule has 2 saturated heterocycles. The molecule has 16 heteroatoms. The molecule has 3 fully saturated rings. The number of cyclic esters (lactones) is 1. The molecule has 364 valence electrons. The SMILES string of the molecule is C=CC[C@@H]1/C=C(\C)C[C@H](C)C[C@H](OC)[C@H]2O[C@@](O)(C(=O)C(=O)N3CCCC[C@H]3C(=O)O[C@H](/C(C)=C/[C@@H]3CC[C@@H](OCCO)[C@H](OC)C3)[C@H](C)[C@@H](O)CC1=N)[C@H](C)C[C@@H]2OC.CC(N)=O. The van der Waals surface area contributed by atoms with Gasteiger partial charge in [0.1, 0.15) is 18.2 Å². The number of fused-ring (bicyclic) bond motifs is 3. The molecule has 0 aromatic heterocycles. The van der Waals surface area contributed by atoms with Crippen molar-refractivity contribution in [2.45, 2.75) is 167 Å². The number of nitrogens with one attached hydrogen (secondary N) is 1. The lowest BCUT2D eigenvalue weighted by atomic mass is 9.81. The van der Waals surface area contributed by atoms with Crippen molar-refractivity contribution in [3.63, 3.8) is 0 Å². The minimum absolute atomic E-state index is 0.0296. The summed E-state index contributed by atoms with van der Waals surface area (Å²) in [6.07, 6.45) is 6.82. The maximum atomic E-state index is 14.4. The fraction of sp³-hybridized carbons (Fsp3) is 0.771. The van der Waals surface area contributed by atoms with Gasteiger partial charge >= 0.3 is 5.97 Å². The third-order valence-electron chi connectivity index (χ3n) is 13.3. The van der Waals surface area contributed by atoms with Crippen LogP contribution in [0.1, 0.15) is 112 Å². The maximum Gasteiger partial charge on any atom is 0.329 e. The van der Waals surface area contributed by atoms with Gasteiger partial charge in [0.25, 0.3) is 11.7 Å². The molecule has 2 bridgehead atoms. The topological polar surface area (TPSA) is 237 Å². The van der Waals surface area contributed by atoms with E-state index < -0.39 is 71.8 Å². The zero-order valence-corrected chi connectivity index (χ0v) is 39.8. The van der Waals surface area contributed by atoms with Gasteiger partial charge < -0.3 is 59.8 Å². The first-order valence-electron chi connectivity index (χ1n) is 23.0. The van der Waals surface area contributed by atoms with Crippen molar-refractivity contribution in [3.05, 3.63) is 36.0 Å².